The molecule has 0 saturated heterocycles. The molecular weight excluding hydrogens is 238 g/mol. The minimum atomic E-state index is -0.339. The lowest BCUT2D eigenvalue weighted by molar-refractivity contribution is 0.105. The maximum absolute atomic E-state index is 12.0. The average Bonchev–Trinajstić information content (AvgIpc) is 2.90. The normalized spacial score (nSPS) is 9.89. The van der Waals surface area contributed by atoms with E-state index in [9.17, 15) is 4.79 Å². The van der Waals surface area contributed by atoms with Crippen molar-refractivity contribution in [3.8, 4) is 11.8 Å². The Hall–Kier alpha value is -2.86. The van der Waals surface area contributed by atoms with Crippen LogP contribution in [0.3, 0.4) is 0 Å². The molecule has 1 aromatic heterocycles. The van der Waals surface area contributed by atoms with Gasteiger partial charge < -0.3 is 4.52 Å². The molecule has 2 aromatic carbocycles. The van der Waals surface area contributed by atoms with Crippen LogP contribution < -0.4 is 0 Å². The number of rotatable bonds is 1. The fraction of sp³-hybridized carbons (Fsp3) is 0. The Morgan fingerprint density at radius 2 is 1.74 bits per heavy atom. The summed E-state index contributed by atoms with van der Waals surface area (Å²) >= 11 is 0. The van der Waals surface area contributed by atoms with Gasteiger partial charge in [-0.05, 0) is 30.2 Å². The van der Waals surface area contributed by atoms with Gasteiger partial charge >= 0.3 is 0 Å². The molecule has 3 heteroatoms. The van der Waals surface area contributed by atoms with Gasteiger partial charge in [0.2, 0.25) is 0 Å². The van der Waals surface area contributed by atoms with Crippen LogP contribution in [0.1, 0.15) is 16.1 Å². The third kappa shape index (κ3) is 2.24. The van der Waals surface area contributed by atoms with Crippen LogP contribution in [0, 0.1) is 11.8 Å². The predicted octanol–water partition coefficient (Wildman–Crippen LogP) is 3.06. The van der Waals surface area contributed by atoms with E-state index in [1.807, 2.05) is 42.5 Å². The van der Waals surface area contributed by atoms with Gasteiger partial charge in [-0.15, -0.1) is 0 Å². The number of benzene rings is 2. The smallest absolute Gasteiger partial charge is 0.258 e. The van der Waals surface area contributed by atoms with Crippen LogP contribution in [0.5, 0.6) is 0 Å². The van der Waals surface area contributed by atoms with Gasteiger partial charge in [0.05, 0.1) is 5.39 Å². The number of ketones is 1. The van der Waals surface area contributed by atoms with Crippen LogP contribution in [-0.2, 0) is 0 Å². The van der Waals surface area contributed by atoms with Crippen LogP contribution in [0.4, 0.5) is 0 Å². The Labute approximate surface area is 109 Å². The number of para-hydroxylation sites is 1. The summed E-state index contributed by atoms with van der Waals surface area (Å²) in [7, 11) is 0. The summed E-state index contributed by atoms with van der Waals surface area (Å²) in [5, 5.41) is 4.47. The Bertz CT molecular complexity index is 791. The first-order valence-corrected chi connectivity index (χ1v) is 5.80. The van der Waals surface area contributed by atoms with E-state index in [-0.39, 0.29) is 11.5 Å². The maximum atomic E-state index is 12.0. The van der Waals surface area contributed by atoms with Gasteiger partial charge in [0.15, 0.2) is 11.3 Å². The first-order chi connectivity index (χ1) is 9.34. The zero-order valence-corrected chi connectivity index (χ0v) is 9.96. The zero-order valence-electron chi connectivity index (χ0n) is 9.96. The van der Waals surface area contributed by atoms with Crippen LogP contribution in [0.25, 0.3) is 11.0 Å². The molecule has 19 heavy (non-hydrogen) atoms. The van der Waals surface area contributed by atoms with Gasteiger partial charge in [0.1, 0.15) is 0 Å². The highest BCUT2D eigenvalue weighted by molar-refractivity contribution is 6.14. The molecule has 0 aliphatic heterocycles. The molecule has 0 bridgehead atoms. The molecular formula is C16H9NO2. The standard InChI is InChI=1S/C16H9NO2/c18-14(11-10-12-6-2-1-3-7-12)16-13-8-4-5-9-15(13)19-17-16/h1-9H. The molecule has 0 spiro atoms. The van der Waals surface area contributed by atoms with Gasteiger partial charge in [-0.25, -0.2) is 0 Å². The molecule has 0 unspecified atom stereocenters. The Balaban J connectivity index is 1.95. The van der Waals surface area contributed by atoms with Crippen LogP contribution >= 0.6 is 0 Å². The van der Waals surface area contributed by atoms with Crippen molar-refractivity contribution in [3.63, 3.8) is 0 Å². The molecule has 0 radical (unpaired) electrons. The van der Waals surface area contributed by atoms with Gasteiger partial charge in [0.25, 0.3) is 5.78 Å². The minimum absolute atomic E-state index is 0.263. The molecule has 3 rings (SSSR count). The monoisotopic (exact) mass is 247 g/mol. The van der Waals surface area contributed by atoms with Crippen molar-refractivity contribution in [1.82, 2.24) is 5.16 Å². The van der Waals surface area contributed by atoms with E-state index in [4.69, 9.17) is 4.52 Å². The predicted molar refractivity (Wildman–Crippen MR) is 71.7 cm³/mol. The molecule has 0 aliphatic carbocycles. The fourth-order valence-corrected chi connectivity index (χ4v) is 1.76. The van der Waals surface area contributed by atoms with Crippen molar-refractivity contribution in [3.05, 3.63) is 65.9 Å². The van der Waals surface area contributed by atoms with Crippen molar-refractivity contribution >= 4 is 16.8 Å². The first-order valence-electron chi connectivity index (χ1n) is 5.80. The topological polar surface area (TPSA) is 43.1 Å². The first kappa shape index (κ1) is 11.2. The largest absolute Gasteiger partial charge is 0.356 e. The molecule has 0 aliphatic rings. The molecule has 90 valence electrons. The highest BCUT2D eigenvalue weighted by atomic mass is 16.5. The Morgan fingerprint density at radius 1 is 1.00 bits per heavy atom. The SMILES string of the molecule is O=C(C#Cc1ccccc1)c1noc2ccccc12. The summed E-state index contributed by atoms with van der Waals surface area (Å²) in [4.78, 5) is 12.0. The number of carbonyl (C=O) groups is 1. The van der Waals surface area contributed by atoms with Gasteiger partial charge in [-0.3, -0.25) is 4.79 Å². The lowest BCUT2D eigenvalue weighted by Gasteiger charge is -1.88. The third-order valence-corrected chi connectivity index (χ3v) is 2.69. The molecule has 3 aromatic rings. The quantitative estimate of drug-likeness (QED) is 0.490. The van der Waals surface area contributed by atoms with E-state index < -0.39 is 0 Å². The van der Waals surface area contributed by atoms with E-state index in [0.29, 0.717) is 11.0 Å². The van der Waals surface area contributed by atoms with Crippen molar-refractivity contribution in [2.75, 3.05) is 0 Å². The summed E-state index contributed by atoms with van der Waals surface area (Å²) in [6, 6.07) is 16.6. The molecule has 0 amide bonds. The van der Waals surface area contributed by atoms with Crippen LogP contribution in [0.15, 0.2) is 59.1 Å². The molecule has 1 heterocycles. The average molecular weight is 247 g/mol. The molecule has 0 fully saturated rings. The summed E-state index contributed by atoms with van der Waals surface area (Å²) in [6.07, 6.45) is 0. The lowest BCUT2D eigenvalue weighted by atomic mass is 10.1. The lowest BCUT2D eigenvalue weighted by Crippen LogP contribution is -1.95. The fourth-order valence-electron chi connectivity index (χ4n) is 1.76. The van der Waals surface area contributed by atoms with Crippen molar-refractivity contribution in [2.45, 2.75) is 0 Å². The van der Waals surface area contributed by atoms with Gasteiger partial charge in [-0.2, -0.15) is 0 Å². The highest BCUT2D eigenvalue weighted by Crippen LogP contribution is 2.17. The number of hydrogen-bond donors (Lipinski definition) is 0. The Kier molecular flexibility index (Phi) is 2.83. The molecule has 3 nitrogen and oxygen atoms in total. The van der Waals surface area contributed by atoms with E-state index >= 15 is 0 Å². The minimum Gasteiger partial charge on any atom is -0.356 e. The second kappa shape index (κ2) is 4.79. The van der Waals surface area contributed by atoms with E-state index in [1.54, 1.807) is 12.1 Å². The highest BCUT2D eigenvalue weighted by Gasteiger charge is 2.13. The van der Waals surface area contributed by atoms with E-state index in [0.717, 1.165) is 5.56 Å². The zero-order chi connectivity index (χ0) is 13.1. The van der Waals surface area contributed by atoms with E-state index in [1.165, 1.54) is 0 Å². The molecule has 0 saturated carbocycles. The summed E-state index contributed by atoms with van der Waals surface area (Å²) in [6.45, 7) is 0. The van der Waals surface area contributed by atoms with Crippen molar-refractivity contribution in [1.29, 1.82) is 0 Å². The number of hydrogen-bond acceptors (Lipinski definition) is 3. The number of fused-ring (bicyclic) bond motifs is 1. The van der Waals surface area contributed by atoms with Crippen LogP contribution in [-0.4, -0.2) is 10.9 Å². The van der Waals surface area contributed by atoms with E-state index in [2.05, 4.69) is 17.0 Å². The number of carbonyl (C=O) groups excluding carboxylic acids is 1. The third-order valence-electron chi connectivity index (χ3n) is 2.69. The molecule has 0 atom stereocenters. The summed E-state index contributed by atoms with van der Waals surface area (Å²) in [5.74, 6) is 5.06. The van der Waals surface area contributed by atoms with Gasteiger partial charge in [-0.1, -0.05) is 41.4 Å². The van der Waals surface area contributed by atoms with Crippen molar-refractivity contribution in [2.24, 2.45) is 0 Å². The number of aromatic nitrogens is 1. The Morgan fingerprint density at radius 3 is 2.58 bits per heavy atom. The van der Waals surface area contributed by atoms with Gasteiger partial charge in [0, 0.05) is 5.56 Å². The second-order valence-electron chi connectivity index (χ2n) is 3.97. The number of Topliss-reactive ketones (excluding diaryl/α,β-unsaturated/α-hetero) is 1. The van der Waals surface area contributed by atoms with Crippen LogP contribution in [0.2, 0.25) is 0 Å². The summed E-state index contributed by atoms with van der Waals surface area (Å²) < 4.78 is 5.08. The maximum Gasteiger partial charge on any atom is 0.258 e. The van der Waals surface area contributed by atoms with Crippen molar-refractivity contribution < 1.29 is 9.32 Å². The number of nitrogens with zero attached hydrogens (tertiary/aromatic N) is 1. The summed E-state index contributed by atoms with van der Waals surface area (Å²) in [5.41, 5.74) is 1.65. The molecule has 0 N–H and O–H groups in total. The second-order valence-corrected chi connectivity index (χ2v) is 3.97.